The van der Waals surface area contributed by atoms with Gasteiger partial charge in [0.2, 0.25) is 0 Å². The van der Waals surface area contributed by atoms with Crippen molar-refractivity contribution in [1.82, 2.24) is 5.32 Å². The molecule has 2 nitrogen and oxygen atoms in total. The van der Waals surface area contributed by atoms with Crippen molar-refractivity contribution in [3.05, 3.63) is 29.3 Å². The smallest absolute Gasteiger partial charge is 0.0443 e. The van der Waals surface area contributed by atoms with Gasteiger partial charge < -0.3 is 10.2 Å². The standard InChI is InChI=1S/C16H24N2/c1-12-9-13(2)11-14(10-12)18-8-7-17-15-5-3-4-6-16(15)18/h9-11,15-17H,3-8H2,1-2H3. The zero-order valence-electron chi connectivity index (χ0n) is 11.6. The molecule has 0 bridgehead atoms. The molecule has 2 atom stereocenters. The molecule has 18 heavy (non-hydrogen) atoms. The molecule has 3 rings (SSSR count). The van der Waals surface area contributed by atoms with Crippen LogP contribution in [-0.4, -0.2) is 25.2 Å². The van der Waals surface area contributed by atoms with Gasteiger partial charge in [0, 0.05) is 30.9 Å². The van der Waals surface area contributed by atoms with E-state index in [1.807, 2.05) is 0 Å². The maximum absolute atomic E-state index is 3.71. The molecule has 1 aliphatic carbocycles. The maximum atomic E-state index is 3.71. The van der Waals surface area contributed by atoms with Gasteiger partial charge in [0.25, 0.3) is 0 Å². The van der Waals surface area contributed by atoms with E-state index in [1.165, 1.54) is 42.5 Å². The molecule has 0 spiro atoms. The first-order chi connectivity index (χ1) is 8.74. The van der Waals surface area contributed by atoms with E-state index in [1.54, 1.807) is 0 Å². The number of nitrogens with zero attached hydrogens (tertiary/aromatic N) is 1. The van der Waals surface area contributed by atoms with E-state index in [0.717, 1.165) is 13.1 Å². The number of benzene rings is 1. The third kappa shape index (κ3) is 2.26. The summed E-state index contributed by atoms with van der Waals surface area (Å²) >= 11 is 0. The van der Waals surface area contributed by atoms with Crippen molar-refractivity contribution in [2.75, 3.05) is 18.0 Å². The van der Waals surface area contributed by atoms with Crippen LogP contribution in [-0.2, 0) is 0 Å². The van der Waals surface area contributed by atoms with Crippen molar-refractivity contribution in [2.24, 2.45) is 0 Å². The second-order valence-corrected chi connectivity index (χ2v) is 5.95. The molecular formula is C16H24N2. The van der Waals surface area contributed by atoms with Gasteiger partial charge in [-0.15, -0.1) is 0 Å². The number of aryl methyl sites for hydroxylation is 2. The molecule has 2 unspecified atom stereocenters. The number of hydrogen-bond acceptors (Lipinski definition) is 2. The summed E-state index contributed by atoms with van der Waals surface area (Å²) in [7, 11) is 0. The van der Waals surface area contributed by atoms with Crippen LogP contribution >= 0.6 is 0 Å². The van der Waals surface area contributed by atoms with Gasteiger partial charge in [-0.1, -0.05) is 18.9 Å². The Bertz CT molecular complexity index is 405. The summed E-state index contributed by atoms with van der Waals surface area (Å²) in [6.45, 7) is 6.70. The van der Waals surface area contributed by atoms with Gasteiger partial charge in [-0.05, 0) is 49.9 Å². The van der Waals surface area contributed by atoms with Gasteiger partial charge in [-0.2, -0.15) is 0 Å². The highest BCUT2D eigenvalue weighted by Gasteiger charge is 2.33. The fraction of sp³-hybridized carbons (Fsp3) is 0.625. The molecule has 2 fully saturated rings. The first-order valence-corrected chi connectivity index (χ1v) is 7.32. The van der Waals surface area contributed by atoms with Gasteiger partial charge >= 0.3 is 0 Å². The molecule has 2 aliphatic rings. The quantitative estimate of drug-likeness (QED) is 0.817. The van der Waals surface area contributed by atoms with Crippen LogP contribution in [0.2, 0.25) is 0 Å². The number of fused-ring (bicyclic) bond motifs is 1. The topological polar surface area (TPSA) is 15.3 Å². The minimum Gasteiger partial charge on any atom is -0.366 e. The van der Waals surface area contributed by atoms with Gasteiger partial charge in [0.1, 0.15) is 0 Å². The van der Waals surface area contributed by atoms with Crippen molar-refractivity contribution in [1.29, 1.82) is 0 Å². The molecular weight excluding hydrogens is 220 g/mol. The summed E-state index contributed by atoms with van der Waals surface area (Å²) in [5.74, 6) is 0. The number of anilines is 1. The SMILES string of the molecule is Cc1cc(C)cc(N2CCNC3CCCCC32)c1. The fourth-order valence-corrected chi connectivity index (χ4v) is 3.70. The van der Waals surface area contributed by atoms with Gasteiger partial charge in [0.15, 0.2) is 0 Å². The normalized spacial score (nSPS) is 28.0. The van der Waals surface area contributed by atoms with Crippen LogP contribution in [0.25, 0.3) is 0 Å². The Balaban J connectivity index is 1.89. The van der Waals surface area contributed by atoms with Crippen molar-refractivity contribution >= 4 is 5.69 Å². The lowest BCUT2D eigenvalue weighted by Gasteiger charge is -2.46. The number of rotatable bonds is 1. The maximum Gasteiger partial charge on any atom is 0.0443 e. The van der Waals surface area contributed by atoms with E-state index < -0.39 is 0 Å². The third-order valence-corrected chi connectivity index (χ3v) is 4.43. The van der Waals surface area contributed by atoms with E-state index in [0.29, 0.717) is 12.1 Å². The molecule has 98 valence electrons. The van der Waals surface area contributed by atoms with Crippen molar-refractivity contribution in [2.45, 2.75) is 51.6 Å². The first-order valence-electron chi connectivity index (χ1n) is 7.32. The van der Waals surface area contributed by atoms with Crippen LogP contribution in [0.15, 0.2) is 18.2 Å². The van der Waals surface area contributed by atoms with E-state index >= 15 is 0 Å². The van der Waals surface area contributed by atoms with Crippen LogP contribution in [0.5, 0.6) is 0 Å². The first kappa shape index (κ1) is 12.0. The zero-order chi connectivity index (χ0) is 12.5. The van der Waals surface area contributed by atoms with Crippen LogP contribution in [0, 0.1) is 13.8 Å². The van der Waals surface area contributed by atoms with E-state index in [-0.39, 0.29) is 0 Å². The Morgan fingerprint density at radius 3 is 2.56 bits per heavy atom. The predicted molar refractivity (Wildman–Crippen MR) is 77.3 cm³/mol. The second-order valence-electron chi connectivity index (χ2n) is 5.95. The third-order valence-electron chi connectivity index (χ3n) is 4.43. The highest BCUT2D eigenvalue weighted by atomic mass is 15.2. The molecule has 2 heteroatoms. The van der Waals surface area contributed by atoms with Crippen LogP contribution in [0.4, 0.5) is 5.69 Å². The molecule has 1 aromatic rings. The summed E-state index contributed by atoms with van der Waals surface area (Å²) in [5.41, 5.74) is 4.21. The van der Waals surface area contributed by atoms with Crippen molar-refractivity contribution < 1.29 is 0 Å². The lowest BCUT2D eigenvalue weighted by molar-refractivity contribution is 0.284. The summed E-state index contributed by atoms with van der Waals surface area (Å²) in [6, 6.07) is 8.40. The number of nitrogens with one attached hydrogen (secondary N) is 1. The minimum atomic E-state index is 0.716. The van der Waals surface area contributed by atoms with Gasteiger partial charge in [-0.25, -0.2) is 0 Å². The molecule has 0 aromatic heterocycles. The molecule has 1 aromatic carbocycles. The molecule has 1 heterocycles. The van der Waals surface area contributed by atoms with Crippen LogP contribution in [0.3, 0.4) is 0 Å². The predicted octanol–water partition coefficient (Wildman–Crippen LogP) is 3.02. The van der Waals surface area contributed by atoms with E-state index in [9.17, 15) is 0 Å². The lowest BCUT2D eigenvalue weighted by atomic mass is 9.87. The van der Waals surface area contributed by atoms with Gasteiger partial charge in [-0.3, -0.25) is 0 Å². The summed E-state index contributed by atoms with van der Waals surface area (Å²) in [6.07, 6.45) is 5.50. The second kappa shape index (κ2) is 4.93. The average molecular weight is 244 g/mol. The largest absolute Gasteiger partial charge is 0.366 e. The Hall–Kier alpha value is -1.02. The van der Waals surface area contributed by atoms with Gasteiger partial charge in [0.05, 0.1) is 0 Å². The Kier molecular flexibility index (Phi) is 3.29. The molecule has 0 radical (unpaired) electrons. The summed E-state index contributed by atoms with van der Waals surface area (Å²) in [5, 5.41) is 3.71. The summed E-state index contributed by atoms with van der Waals surface area (Å²) < 4.78 is 0. The molecule has 1 aliphatic heterocycles. The average Bonchev–Trinajstić information content (AvgIpc) is 2.37. The number of piperazine rings is 1. The molecule has 1 saturated heterocycles. The van der Waals surface area contributed by atoms with Crippen LogP contribution < -0.4 is 10.2 Å². The monoisotopic (exact) mass is 244 g/mol. The van der Waals surface area contributed by atoms with E-state index in [2.05, 4.69) is 42.3 Å². The Morgan fingerprint density at radius 2 is 1.78 bits per heavy atom. The highest BCUT2D eigenvalue weighted by Crippen LogP contribution is 2.30. The number of hydrogen-bond donors (Lipinski definition) is 1. The van der Waals surface area contributed by atoms with Crippen molar-refractivity contribution in [3.8, 4) is 0 Å². The Morgan fingerprint density at radius 1 is 1.06 bits per heavy atom. The zero-order valence-corrected chi connectivity index (χ0v) is 11.6. The molecule has 0 amide bonds. The Labute approximate surface area is 110 Å². The van der Waals surface area contributed by atoms with Crippen molar-refractivity contribution in [3.63, 3.8) is 0 Å². The molecule has 1 N–H and O–H groups in total. The summed E-state index contributed by atoms with van der Waals surface area (Å²) in [4.78, 5) is 2.65. The lowest BCUT2D eigenvalue weighted by Crippen LogP contribution is -2.59. The van der Waals surface area contributed by atoms with Crippen LogP contribution in [0.1, 0.15) is 36.8 Å². The fourth-order valence-electron chi connectivity index (χ4n) is 3.70. The minimum absolute atomic E-state index is 0.716. The molecule has 1 saturated carbocycles. The van der Waals surface area contributed by atoms with E-state index in [4.69, 9.17) is 0 Å². The highest BCUT2D eigenvalue weighted by molar-refractivity contribution is 5.52.